The van der Waals surface area contributed by atoms with Gasteiger partial charge in [0.25, 0.3) is 0 Å². The van der Waals surface area contributed by atoms with Crippen LogP contribution < -0.4 is 10.2 Å². The molecule has 0 aliphatic carbocycles. The number of nitrogens with zero attached hydrogens (tertiary/aromatic N) is 6. The van der Waals surface area contributed by atoms with Gasteiger partial charge in [0.2, 0.25) is 0 Å². The van der Waals surface area contributed by atoms with Gasteiger partial charge in [0.05, 0.1) is 40.1 Å². The van der Waals surface area contributed by atoms with Gasteiger partial charge >= 0.3 is 0 Å². The predicted octanol–water partition coefficient (Wildman–Crippen LogP) is 4.62. The maximum atomic E-state index is 12.6. The second-order valence-electron chi connectivity index (χ2n) is 12.1. The highest BCUT2D eigenvalue weighted by Gasteiger charge is 2.23. The highest BCUT2D eigenvalue weighted by atomic mass is 32.2. The third-order valence-corrected chi connectivity index (χ3v) is 9.15. The Morgan fingerprint density at radius 3 is 2.47 bits per heavy atom. The van der Waals surface area contributed by atoms with Crippen LogP contribution in [0.3, 0.4) is 0 Å². The van der Waals surface area contributed by atoms with Crippen LogP contribution in [0.4, 0.5) is 17.2 Å². The molecule has 3 aromatic heterocycles. The second-order valence-corrected chi connectivity index (χ2v) is 14.1. The van der Waals surface area contributed by atoms with Crippen molar-refractivity contribution in [1.29, 1.82) is 0 Å². The number of fused-ring (bicyclic) bond motifs is 2. The molecule has 1 fully saturated rings. The fraction of sp³-hybridized carbons (Fsp3) is 0.344. The monoisotopic (exact) mass is 599 g/mol. The normalized spacial score (nSPS) is 15.0. The molecule has 2 aromatic carbocycles. The zero-order valence-electron chi connectivity index (χ0n) is 25.2. The van der Waals surface area contributed by atoms with Gasteiger partial charge in [0.1, 0.15) is 5.82 Å². The lowest BCUT2D eigenvalue weighted by atomic mass is 9.98. The zero-order valence-corrected chi connectivity index (χ0v) is 26.0. The minimum atomic E-state index is -3.40. The van der Waals surface area contributed by atoms with Crippen molar-refractivity contribution < 1.29 is 13.5 Å². The fourth-order valence-electron chi connectivity index (χ4n) is 5.74. The van der Waals surface area contributed by atoms with Crippen molar-refractivity contribution in [3.63, 3.8) is 0 Å². The number of benzene rings is 2. The van der Waals surface area contributed by atoms with E-state index >= 15 is 0 Å². The van der Waals surface area contributed by atoms with E-state index in [1.165, 1.54) is 6.26 Å². The molecule has 1 aliphatic rings. The third kappa shape index (κ3) is 5.93. The zero-order chi connectivity index (χ0) is 30.5. The topological polar surface area (TPSA) is 116 Å². The van der Waals surface area contributed by atoms with Gasteiger partial charge in [-0.1, -0.05) is 6.07 Å². The molecule has 5 aromatic rings. The van der Waals surface area contributed by atoms with E-state index in [-0.39, 0.29) is 0 Å². The predicted molar refractivity (Wildman–Crippen MR) is 172 cm³/mol. The molecule has 10 nitrogen and oxygen atoms in total. The van der Waals surface area contributed by atoms with Gasteiger partial charge in [0.15, 0.2) is 9.84 Å². The molecule has 43 heavy (non-hydrogen) atoms. The van der Waals surface area contributed by atoms with Gasteiger partial charge in [-0.3, -0.25) is 9.67 Å². The van der Waals surface area contributed by atoms with E-state index in [0.29, 0.717) is 22.9 Å². The lowest BCUT2D eigenvalue weighted by molar-refractivity contribution is 0.0591. The maximum absolute atomic E-state index is 12.6. The maximum Gasteiger partial charge on any atom is 0.177 e. The van der Waals surface area contributed by atoms with Gasteiger partial charge in [0, 0.05) is 72.2 Å². The van der Waals surface area contributed by atoms with E-state index in [4.69, 9.17) is 4.98 Å². The van der Waals surface area contributed by atoms with Crippen LogP contribution >= 0.6 is 0 Å². The number of aryl methyl sites for hydroxylation is 1. The number of piperazine rings is 1. The molecular formula is C32H37N7O3S. The molecule has 0 atom stereocenters. The molecule has 224 valence electrons. The average Bonchev–Trinajstić information content (AvgIpc) is 3.35. The van der Waals surface area contributed by atoms with Gasteiger partial charge < -0.3 is 20.2 Å². The molecule has 0 saturated carbocycles. The quantitative estimate of drug-likeness (QED) is 0.276. The summed E-state index contributed by atoms with van der Waals surface area (Å²) in [6, 6.07) is 13.4. The molecule has 1 saturated heterocycles. The highest BCUT2D eigenvalue weighted by molar-refractivity contribution is 7.90. The lowest BCUT2D eigenvalue weighted by Crippen LogP contribution is -2.44. The summed E-state index contributed by atoms with van der Waals surface area (Å²) in [7, 11) is -1.33. The Kier molecular flexibility index (Phi) is 7.35. The molecule has 0 amide bonds. The number of hydrogen-bond donors (Lipinski definition) is 2. The molecule has 6 rings (SSSR count). The number of sulfone groups is 1. The van der Waals surface area contributed by atoms with Gasteiger partial charge in [-0.25, -0.2) is 13.4 Å². The van der Waals surface area contributed by atoms with E-state index in [1.807, 2.05) is 41.3 Å². The van der Waals surface area contributed by atoms with Crippen LogP contribution in [0.15, 0.2) is 66.0 Å². The first-order valence-corrected chi connectivity index (χ1v) is 16.2. The van der Waals surface area contributed by atoms with Crippen LogP contribution in [-0.2, 0) is 16.4 Å². The van der Waals surface area contributed by atoms with Crippen molar-refractivity contribution in [2.75, 3.05) is 49.7 Å². The second kappa shape index (κ2) is 10.9. The summed E-state index contributed by atoms with van der Waals surface area (Å²) in [6.07, 6.45) is 6.72. The Morgan fingerprint density at radius 2 is 1.74 bits per heavy atom. The van der Waals surface area contributed by atoms with Crippen molar-refractivity contribution >= 4 is 48.7 Å². The summed E-state index contributed by atoms with van der Waals surface area (Å²) in [6.45, 7) is 9.26. The van der Waals surface area contributed by atoms with Gasteiger partial charge in [-0.05, 0) is 69.8 Å². The standard InChI is InChI=1S/C32H37N7O3S/c1-21-24(7-8-27-26(21)19-35-39(27)20-32(2,3)40)31-25-17-30(34-18-22(25)10-11-33-31)36-23-6-9-29(43(5,41)42)28(16-23)38-14-12-37(4)13-15-38/h6-11,16-19,40H,12-15,20H2,1-5H3,(H,34,36). The first-order valence-electron chi connectivity index (χ1n) is 14.3. The molecular weight excluding hydrogens is 562 g/mol. The smallest absolute Gasteiger partial charge is 0.177 e. The van der Waals surface area contributed by atoms with Crippen LogP contribution in [0.25, 0.3) is 32.9 Å². The Balaban J connectivity index is 1.37. The first kappa shape index (κ1) is 29.0. The lowest BCUT2D eigenvalue weighted by Gasteiger charge is -2.35. The Labute approximate surface area is 251 Å². The number of nitrogens with one attached hydrogen (secondary N) is 1. The average molecular weight is 600 g/mol. The van der Waals surface area contributed by atoms with E-state index in [0.717, 1.165) is 70.4 Å². The van der Waals surface area contributed by atoms with Crippen molar-refractivity contribution in [2.45, 2.75) is 37.8 Å². The summed E-state index contributed by atoms with van der Waals surface area (Å²) >= 11 is 0. The minimum absolute atomic E-state index is 0.331. The number of anilines is 3. The summed E-state index contributed by atoms with van der Waals surface area (Å²) in [5, 5.41) is 21.2. The van der Waals surface area contributed by atoms with Crippen molar-refractivity contribution in [3.05, 3.63) is 66.6 Å². The van der Waals surface area contributed by atoms with Crippen LogP contribution in [0.5, 0.6) is 0 Å². The third-order valence-electron chi connectivity index (χ3n) is 8.01. The Morgan fingerprint density at radius 1 is 0.977 bits per heavy atom. The van der Waals surface area contributed by atoms with E-state index in [2.05, 4.69) is 45.2 Å². The van der Waals surface area contributed by atoms with Gasteiger partial charge in [-0.2, -0.15) is 5.10 Å². The van der Waals surface area contributed by atoms with Crippen molar-refractivity contribution in [1.82, 2.24) is 24.6 Å². The van der Waals surface area contributed by atoms with Crippen LogP contribution in [0.2, 0.25) is 0 Å². The highest BCUT2D eigenvalue weighted by Crippen LogP contribution is 2.35. The van der Waals surface area contributed by atoms with E-state index in [1.54, 1.807) is 32.2 Å². The fourth-order valence-corrected chi connectivity index (χ4v) is 6.62. The van der Waals surface area contributed by atoms with E-state index < -0.39 is 15.4 Å². The van der Waals surface area contributed by atoms with Crippen LogP contribution in [0, 0.1) is 6.92 Å². The Bertz CT molecular complexity index is 1940. The Hall–Kier alpha value is -4.06. The van der Waals surface area contributed by atoms with Crippen molar-refractivity contribution in [2.24, 2.45) is 0 Å². The minimum Gasteiger partial charge on any atom is -0.389 e. The van der Waals surface area contributed by atoms with E-state index in [9.17, 15) is 13.5 Å². The summed E-state index contributed by atoms with van der Waals surface area (Å²) in [4.78, 5) is 14.1. The number of aliphatic hydroxyl groups is 1. The van der Waals surface area contributed by atoms with Crippen LogP contribution in [-0.4, -0.2) is 83.3 Å². The number of aromatic nitrogens is 4. The molecule has 4 heterocycles. The molecule has 0 bridgehead atoms. The number of pyridine rings is 2. The van der Waals surface area contributed by atoms with Crippen LogP contribution in [0.1, 0.15) is 19.4 Å². The van der Waals surface area contributed by atoms with Crippen molar-refractivity contribution in [3.8, 4) is 11.3 Å². The summed E-state index contributed by atoms with van der Waals surface area (Å²) in [5.41, 5.74) is 4.43. The largest absolute Gasteiger partial charge is 0.389 e. The number of rotatable bonds is 7. The number of likely N-dealkylation sites (N-methyl/N-ethyl adjacent to an activating group) is 1. The SMILES string of the molecule is Cc1c(-c2nccc3cnc(Nc4ccc(S(C)(=O)=O)c(N5CCN(C)CC5)c4)cc23)ccc2c1cnn2CC(C)(C)O. The molecule has 0 spiro atoms. The van der Waals surface area contributed by atoms with Gasteiger partial charge in [-0.15, -0.1) is 0 Å². The summed E-state index contributed by atoms with van der Waals surface area (Å²) in [5.74, 6) is 0.634. The molecule has 2 N–H and O–H groups in total. The number of hydrogen-bond acceptors (Lipinski definition) is 9. The summed E-state index contributed by atoms with van der Waals surface area (Å²) < 4.78 is 27.1. The molecule has 0 radical (unpaired) electrons. The molecule has 1 aliphatic heterocycles. The molecule has 0 unspecified atom stereocenters. The first-order chi connectivity index (χ1) is 20.4. The molecule has 11 heteroatoms.